The Bertz CT molecular complexity index is 616. The van der Waals surface area contributed by atoms with Crippen molar-refractivity contribution in [1.82, 2.24) is 4.98 Å². The van der Waals surface area contributed by atoms with Crippen molar-refractivity contribution in [3.05, 3.63) is 62.7 Å². The Morgan fingerprint density at radius 3 is 2.48 bits per heavy atom. The van der Waals surface area contributed by atoms with Crippen LogP contribution in [0, 0.1) is 10.1 Å². The van der Waals surface area contributed by atoms with Crippen molar-refractivity contribution >= 4 is 27.4 Å². The number of aliphatic hydroxyl groups is 1. The highest BCUT2D eigenvalue weighted by Crippen LogP contribution is 2.22. The number of benzene rings is 1. The predicted molar refractivity (Wildman–Crippen MR) is 83.1 cm³/mol. The van der Waals surface area contributed by atoms with Gasteiger partial charge < -0.3 is 10.4 Å². The Morgan fingerprint density at radius 2 is 1.95 bits per heavy atom. The van der Waals surface area contributed by atoms with Gasteiger partial charge in [0, 0.05) is 10.5 Å². The van der Waals surface area contributed by atoms with Gasteiger partial charge >= 0.3 is 0 Å². The largest absolute Gasteiger partial charge is 0.386 e. The van der Waals surface area contributed by atoms with E-state index in [4.69, 9.17) is 0 Å². The molecule has 0 bridgehead atoms. The molecule has 2 rings (SSSR count). The molecule has 21 heavy (non-hydrogen) atoms. The summed E-state index contributed by atoms with van der Waals surface area (Å²) in [6, 6.07) is 9.97. The molecule has 2 atom stereocenters. The van der Waals surface area contributed by atoms with Crippen molar-refractivity contribution in [2.45, 2.75) is 19.1 Å². The van der Waals surface area contributed by atoms with Gasteiger partial charge in [0.05, 0.1) is 17.1 Å². The first kappa shape index (κ1) is 15.4. The van der Waals surface area contributed by atoms with Gasteiger partial charge in [-0.2, -0.15) is 0 Å². The lowest BCUT2D eigenvalue weighted by molar-refractivity contribution is -0.385. The summed E-state index contributed by atoms with van der Waals surface area (Å²) < 4.78 is 0.941. The number of rotatable bonds is 5. The summed E-state index contributed by atoms with van der Waals surface area (Å²) >= 11 is 3.34. The van der Waals surface area contributed by atoms with E-state index in [9.17, 15) is 15.2 Å². The normalized spacial score (nSPS) is 13.5. The van der Waals surface area contributed by atoms with E-state index in [1.54, 1.807) is 0 Å². The van der Waals surface area contributed by atoms with Gasteiger partial charge in [-0.15, -0.1) is 0 Å². The van der Waals surface area contributed by atoms with Crippen molar-refractivity contribution in [1.29, 1.82) is 0 Å². The SMILES string of the molecule is C[C@H](Nc1ccc([N+](=O)[O-])cn1)[C@H](O)c1ccc(Br)cc1. The molecular formula is C14H14BrN3O3. The molecule has 0 spiro atoms. The monoisotopic (exact) mass is 351 g/mol. The van der Waals surface area contributed by atoms with Gasteiger partial charge in [-0.25, -0.2) is 4.98 Å². The quantitative estimate of drug-likeness (QED) is 0.637. The van der Waals surface area contributed by atoms with E-state index in [0.29, 0.717) is 5.82 Å². The summed E-state index contributed by atoms with van der Waals surface area (Å²) in [5, 5.41) is 23.9. The number of nitro groups is 1. The van der Waals surface area contributed by atoms with Crippen molar-refractivity contribution in [2.24, 2.45) is 0 Å². The number of nitrogens with one attached hydrogen (secondary N) is 1. The third-order valence-electron chi connectivity index (χ3n) is 3.02. The maximum atomic E-state index is 10.6. The fourth-order valence-electron chi connectivity index (χ4n) is 1.84. The maximum Gasteiger partial charge on any atom is 0.287 e. The van der Waals surface area contributed by atoms with Crippen molar-refractivity contribution in [3.8, 4) is 0 Å². The van der Waals surface area contributed by atoms with Crippen molar-refractivity contribution in [2.75, 3.05) is 5.32 Å². The molecule has 1 heterocycles. The standard InChI is InChI=1S/C14H14BrN3O3/c1-9(14(19)10-2-4-11(15)5-3-10)17-13-7-6-12(8-16-13)18(20)21/h2-9,14,19H,1H3,(H,16,17)/t9-,14-/m0/s1. The van der Waals surface area contributed by atoms with Crippen LogP contribution in [0.2, 0.25) is 0 Å². The molecule has 0 saturated carbocycles. The first-order valence-electron chi connectivity index (χ1n) is 6.28. The lowest BCUT2D eigenvalue weighted by Gasteiger charge is -2.21. The second-order valence-corrected chi connectivity index (χ2v) is 5.50. The molecule has 1 aromatic carbocycles. The molecular weight excluding hydrogens is 338 g/mol. The van der Waals surface area contributed by atoms with E-state index < -0.39 is 11.0 Å². The molecule has 0 aliphatic heterocycles. The summed E-state index contributed by atoms with van der Waals surface area (Å²) in [6.07, 6.45) is 0.469. The van der Waals surface area contributed by atoms with Crippen LogP contribution in [0.25, 0.3) is 0 Å². The topological polar surface area (TPSA) is 88.3 Å². The number of pyridine rings is 1. The average Bonchev–Trinajstić information content (AvgIpc) is 2.47. The Morgan fingerprint density at radius 1 is 1.29 bits per heavy atom. The predicted octanol–water partition coefficient (Wildman–Crippen LogP) is 3.29. The summed E-state index contributed by atoms with van der Waals surface area (Å²) in [5.41, 5.74) is 0.710. The van der Waals surface area contributed by atoms with E-state index in [1.165, 1.54) is 18.3 Å². The van der Waals surface area contributed by atoms with E-state index in [-0.39, 0.29) is 11.7 Å². The van der Waals surface area contributed by atoms with Gasteiger partial charge in [0.1, 0.15) is 12.0 Å². The molecule has 0 saturated heterocycles. The fraction of sp³-hybridized carbons (Fsp3) is 0.214. The minimum atomic E-state index is -0.713. The number of hydrogen-bond donors (Lipinski definition) is 2. The molecule has 6 nitrogen and oxygen atoms in total. The van der Waals surface area contributed by atoms with E-state index in [2.05, 4.69) is 26.2 Å². The van der Waals surface area contributed by atoms with Crippen LogP contribution < -0.4 is 5.32 Å². The second kappa shape index (κ2) is 6.64. The third kappa shape index (κ3) is 3.99. The van der Waals surface area contributed by atoms with E-state index in [0.717, 1.165) is 10.0 Å². The molecule has 0 fully saturated rings. The smallest absolute Gasteiger partial charge is 0.287 e. The zero-order valence-corrected chi connectivity index (χ0v) is 12.8. The molecule has 0 amide bonds. The van der Waals surface area contributed by atoms with Gasteiger partial charge in [0.25, 0.3) is 5.69 Å². The lowest BCUT2D eigenvalue weighted by atomic mass is 10.0. The molecule has 0 unspecified atom stereocenters. The highest BCUT2D eigenvalue weighted by molar-refractivity contribution is 9.10. The minimum Gasteiger partial charge on any atom is -0.386 e. The van der Waals surface area contributed by atoms with Gasteiger partial charge in [-0.3, -0.25) is 10.1 Å². The van der Waals surface area contributed by atoms with Crippen LogP contribution in [-0.2, 0) is 0 Å². The van der Waals surface area contributed by atoms with E-state index in [1.807, 2.05) is 31.2 Å². The van der Waals surface area contributed by atoms with Crippen LogP contribution >= 0.6 is 15.9 Å². The molecule has 1 aromatic heterocycles. The average molecular weight is 352 g/mol. The number of hydrogen-bond acceptors (Lipinski definition) is 5. The third-order valence-corrected chi connectivity index (χ3v) is 3.55. The summed E-state index contributed by atoms with van der Waals surface area (Å²) in [7, 11) is 0. The van der Waals surface area contributed by atoms with Gasteiger partial charge in [0.15, 0.2) is 0 Å². The maximum absolute atomic E-state index is 10.6. The number of aliphatic hydroxyl groups excluding tert-OH is 1. The molecule has 2 aromatic rings. The van der Waals surface area contributed by atoms with Gasteiger partial charge in [-0.1, -0.05) is 28.1 Å². The second-order valence-electron chi connectivity index (χ2n) is 4.59. The number of aromatic nitrogens is 1. The van der Waals surface area contributed by atoms with Gasteiger partial charge in [0.2, 0.25) is 0 Å². The molecule has 0 aliphatic rings. The zero-order chi connectivity index (χ0) is 15.4. The zero-order valence-electron chi connectivity index (χ0n) is 11.2. The minimum absolute atomic E-state index is 0.0679. The number of anilines is 1. The van der Waals surface area contributed by atoms with Crippen molar-refractivity contribution in [3.63, 3.8) is 0 Å². The fourth-order valence-corrected chi connectivity index (χ4v) is 2.10. The summed E-state index contributed by atoms with van der Waals surface area (Å²) in [4.78, 5) is 14.0. The molecule has 110 valence electrons. The first-order valence-corrected chi connectivity index (χ1v) is 7.07. The summed E-state index contributed by atoms with van der Waals surface area (Å²) in [6.45, 7) is 1.82. The van der Waals surface area contributed by atoms with Crippen LogP contribution in [0.1, 0.15) is 18.6 Å². The molecule has 2 N–H and O–H groups in total. The van der Waals surface area contributed by atoms with Crippen LogP contribution in [-0.4, -0.2) is 21.1 Å². The number of nitrogens with zero attached hydrogens (tertiary/aromatic N) is 2. The number of halogens is 1. The van der Waals surface area contributed by atoms with Crippen molar-refractivity contribution < 1.29 is 10.0 Å². The summed E-state index contributed by atoms with van der Waals surface area (Å²) in [5.74, 6) is 0.476. The van der Waals surface area contributed by atoms with Gasteiger partial charge in [-0.05, 0) is 30.7 Å². The Hall–Kier alpha value is -1.99. The van der Waals surface area contributed by atoms with Crippen LogP contribution in [0.5, 0.6) is 0 Å². The molecule has 0 aliphatic carbocycles. The van der Waals surface area contributed by atoms with Crippen LogP contribution in [0.3, 0.4) is 0 Å². The first-order chi connectivity index (χ1) is 9.97. The molecule has 0 radical (unpaired) electrons. The Labute approximate surface area is 130 Å². The van der Waals surface area contributed by atoms with Crippen LogP contribution in [0.4, 0.5) is 11.5 Å². The Kier molecular flexibility index (Phi) is 4.87. The lowest BCUT2D eigenvalue weighted by Crippen LogP contribution is -2.24. The van der Waals surface area contributed by atoms with E-state index >= 15 is 0 Å². The Balaban J connectivity index is 2.04. The highest BCUT2D eigenvalue weighted by atomic mass is 79.9. The molecule has 7 heteroatoms. The highest BCUT2D eigenvalue weighted by Gasteiger charge is 2.17. The van der Waals surface area contributed by atoms with Crippen LogP contribution in [0.15, 0.2) is 47.1 Å².